The first-order valence-corrected chi connectivity index (χ1v) is 9.99. The van der Waals surface area contributed by atoms with Crippen molar-refractivity contribution in [2.45, 2.75) is 50.3 Å². The molecule has 0 aliphatic heterocycles. The molecule has 1 aromatic heterocycles. The van der Waals surface area contributed by atoms with Crippen LogP contribution < -0.4 is 4.72 Å². The molecular formula is C16H20N2O2S2. The van der Waals surface area contributed by atoms with E-state index in [1.165, 1.54) is 22.6 Å². The van der Waals surface area contributed by atoms with E-state index in [2.05, 4.69) is 16.6 Å². The topological polar surface area (TPSA) is 59.1 Å². The highest BCUT2D eigenvalue weighted by Crippen LogP contribution is 2.30. The molecular weight excluding hydrogens is 316 g/mol. The third-order valence-corrected chi connectivity index (χ3v) is 6.40. The molecule has 0 saturated carbocycles. The first-order chi connectivity index (χ1) is 10.6. The summed E-state index contributed by atoms with van der Waals surface area (Å²) in [6.07, 6.45) is 6.30. The Labute approximate surface area is 135 Å². The highest BCUT2D eigenvalue weighted by Gasteiger charge is 2.20. The quantitative estimate of drug-likeness (QED) is 0.904. The monoisotopic (exact) mass is 336 g/mol. The molecule has 0 atom stereocenters. The molecule has 1 aliphatic rings. The Kier molecular flexibility index (Phi) is 4.49. The molecule has 1 heterocycles. The maximum atomic E-state index is 12.4. The van der Waals surface area contributed by atoms with Crippen molar-refractivity contribution < 1.29 is 8.42 Å². The standard InChI is InChI=1S/C16H20N2O2S2/c1-2-5-12-8-10-13(11-9-12)22(19,20)18-16-17-14-6-3-4-7-15(14)21-16/h8-11H,2-7H2,1H3,(H,17,18). The first-order valence-electron chi connectivity index (χ1n) is 7.69. The zero-order chi connectivity index (χ0) is 15.6. The predicted molar refractivity (Wildman–Crippen MR) is 90.0 cm³/mol. The molecule has 0 radical (unpaired) electrons. The molecule has 1 aromatic carbocycles. The molecule has 0 fully saturated rings. The van der Waals surface area contributed by atoms with E-state index in [1.807, 2.05) is 12.1 Å². The van der Waals surface area contributed by atoms with E-state index in [9.17, 15) is 8.42 Å². The van der Waals surface area contributed by atoms with Crippen LogP contribution >= 0.6 is 11.3 Å². The van der Waals surface area contributed by atoms with Crippen molar-refractivity contribution in [3.63, 3.8) is 0 Å². The Morgan fingerprint density at radius 2 is 1.91 bits per heavy atom. The molecule has 118 valence electrons. The Bertz CT molecular complexity index is 725. The Morgan fingerprint density at radius 1 is 1.18 bits per heavy atom. The lowest BCUT2D eigenvalue weighted by molar-refractivity contribution is 0.601. The van der Waals surface area contributed by atoms with Gasteiger partial charge in [0.05, 0.1) is 10.6 Å². The van der Waals surface area contributed by atoms with E-state index in [0.717, 1.165) is 43.4 Å². The van der Waals surface area contributed by atoms with Gasteiger partial charge in [0, 0.05) is 4.88 Å². The zero-order valence-corrected chi connectivity index (χ0v) is 14.3. The molecule has 3 rings (SSSR count). The van der Waals surface area contributed by atoms with Gasteiger partial charge in [-0.1, -0.05) is 25.5 Å². The van der Waals surface area contributed by atoms with Gasteiger partial charge in [0.2, 0.25) is 0 Å². The van der Waals surface area contributed by atoms with Crippen molar-refractivity contribution in [1.29, 1.82) is 0 Å². The molecule has 2 aromatic rings. The molecule has 1 aliphatic carbocycles. The number of aryl methyl sites for hydroxylation is 3. The maximum absolute atomic E-state index is 12.4. The van der Waals surface area contributed by atoms with Crippen LogP contribution in [0.1, 0.15) is 42.3 Å². The van der Waals surface area contributed by atoms with Crippen molar-refractivity contribution in [3.8, 4) is 0 Å². The number of rotatable bonds is 5. The summed E-state index contributed by atoms with van der Waals surface area (Å²) in [5, 5.41) is 0.490. The Hall–Kier alpha value is -1.40. The minimum absolute atomic E-state index is 0.292. The van der Waals surface area contributed by atoms with Gasteiger partial charge in [-0.05, 0) is 49.8 Å². The largest absolute Gasteiger partial charge is 0.263 e. The van der Waals surface area contributed by atoms with Crippen molar-refractivity contribution in [2.75, 3.05) is 4.72 Å². The summed E-state index contributed by atoms with van der Waals surface area (Å²) in [7, 11) is -3.55. The molecule has 0 spiro atoms. The first kappa shape index (κ1) is 15.5. The fourth-order valence-corrected chi connectivity index (χ4v) is 4.98. The highest BCUT2D eigenvalue weighted by atomic mass is 32.2. The van der Waals surface area contributed by atoms with Gasteiger partial charge in [0.25, 0.3) is 10.0 Å². The summed E-state index contributed by atoms with van der Waals surface area (Å²) in [4.78, 5) is 5.95. The summed E-state index contributed by atoms with van der Waals surface area (Å²) in [5.74, 6) is 0. The van der Waals surface area contributed by atoms with E-state index in [-0.39, 0.29) is 0 Å². The van der Waals surface area contributed by atoms with Gasteiger partial charge >= 0.3 is 0 Å². The zero-order valence-electron chi connectivity index (χ0n) is 12.6. The lowest BCUT2D eigenvalue weighted by atomic mass is 10.0. The average molecular weight is 336 g/mol. The predicted octanol–water partition coefficient (Wildman–Crippen LogP) is 3.78. The van der Waals surface area contributed by atoms with Crippen LogP contribution in [0.25, 0.3) is 0 Å². The van der Waals surface area contributed by atoms with Crippen LogP contribution in [0.15, 0.2) is 29.2 Å². The lowest BCUT2D eigenvalue weighted by Crippen LogP contribution is -2.12. The Morgan fingerprint density at radius 3 is 2.59 bits per heavy atom. The average Bonchev–Trinajstić information content (AvgIpc) is 2.89. The molecule has 0 bridgehead atoms. The number of nitrogens with zero attached hydrogens (tertiary/aromatic N) is 1. The summed E-state index contributed by atoms with van der Waals surface area (Å²) >= 11 is 1.47. The van der Waals surface area contributed by atoms with Crippen LogP contribution in [0, 0.1) is 0 Å². The van der Waals surface area contributed by atoms with Gasteiger partial charge in [-0.15, -0.1) is 11.3 Å². The number of fused-ring (bicyclic) bond motifs is 1. The lowest BCUT2D eigenvalue weighted by Gasteiger charge is -2.06. The van der Waals surface area contributed by atoms with Gasteiger partial charge in [0.1, 0.15) is 0 Å². The summed E-state index contributed by atoms with van der Waals surface area (Å²) < 4.78 is 27.5. The van der Waals surface area contributed by atoms with E-state index < -0.39 is 10.0 Å². The SMILES string of the molecule is CCCc1ccc(S(=O)(=O)Nc2nc3c(s2)CCCC3)cc1. The van der Waals surface area contributed by atoms with Gasteiger partial charge < -0.3 is 0 Å². The summed E-state index contributed by atoms with van der Waals surface area (Å²) in [6.45, 7) is 2.11. The van der Waals surface area contributed by atoms with Crippen LogP contribution in [0.5, 0.6) is 0 Å². The van der Waals surface area contributed by atoms with Crippen molar-refractivity contribution in [2.24, 2.45) is 0 Å². The van der Waals surface area contributed by atoms with E-state index in [0.29, 0.717) is 10.0 Å². The van der Waals surface area contributed by atoms with Crippen molar-refractivity contribution in [1.82, 2.24) is 4.98 Å². The number of aromatic nitrogens is 1. The molecule has 22 heavy (non-hydrogen) atoms. The number of sulfonamides is 1. The fourth-order valence-electron chi connectivity index (χ4n) is 2.69. The fraction of sp³-hybridized carbons (Fsp3) is 0.438. The summed E-state index contributed by atoms with van der Waals surface area (Å²) in [5.41, 5.74) is 2.22. The van der Waals surface area contributed by atoms with Crippen molar-refractivity contribution in [3.05, 3.63) is 40.4 Å². The second kappa shape index (κ2) is 6.38. The third kappa shape index (κ3) is 3.33. The number of hydrogen-bond donors (Lipinski definition) is 1. The number of nitrogens with one attached hydrogen (secondary N) is 1. The third-order valence-electron chi connectivity index (χ3n) is 3.84. The molecule has 6 heteroatoms. The van der Waals surface area contributed by atoms with Gasteiger partial charge in [-0.2, -0.15) is 0 Å². The summed E-state index contributed by atoms with van der Waals surface area (Å²) in [6, 6.07) is 7.09. The van der Waals surface area contributed by atoms with Gasteiger partial charge in [-0.25, -0.2) is 13.4 Å². The number of benzene rings is 1. The van der Waals surface area contributed by atoms with E-state index >= 15 is 0 Å². The van der Waals surface area contributed by atoms with Crippen LogP contribution in [0.2, 0.25) is 0 Å². The number of thiazole rings is 1. The van der Waals surface area contributed by atoms with Crippen molar-refractivity contribution >= 4 is 26.5 Å². The number of hydrogen-bond acceptors (Lipinski definition) is 4. The molecule has 0 saturated heterocycles. The normalized spacial score (nSPS) is 14.6. The van der Waals surface area contributed by atoms with E-state index in [1.54, 1.807) is 12.1 Å². The molecule has 0 amide bonds. The second-order valence-electron chi connectivity index (χ2n) is 5.60. The smallest absolute Gasteiger partial charge is 0.255 e. The minimum atomic E-state index is -3.55. The van der Waals surface area contributed by atoms with Crippen LogP contribution in [-0.4, -0.2) is 13.4 Å². The molecule has 4 nitrogen and oxygen atoms in total. The molecule has 0 unspecified atom stereocenters. The van der Waals surface area contributed by atoms with Crippen LogP contribution in [0.4, 0.5) is 5.13 Å². The minimum Gasteiger partial charge on any atom is -0.255 e. The maximum Gasteiger partial charge on any atom is 0.263 e. The number of anilines is 1. The Balaban J connectivity index is 1.79. The molecule has 1 N–H and O–H groups in total. The second-order valence-corrected chi connectivity index (χ2v) is 8.36. The highest BCUT2D eigenvalue weighted by molar-refractivity contribution is 7.93. The van der Waals surface area contributed by atoms with Crippen LogP contribution in [-0.2, 0) is 29.3 Å². The van der Waals surface area contributed by atoms with Gasteiger partial charge in [0.15, 0.2) is 5.13 Å². The van der Waals surface area contributed by atoms with Gasteiger partial charge in [-0.3, -0.25) is 4.72 Å². The van der Waals surface area contributed by atoms with E-state index in [4.69, 9.17) is 0 Å². The van der Waals surface area contributed by atoms with Crippen LogP contribution in [0.3, 0.4) is 0 Å².